The SMILES string of the molecule is Cc1ccccc1CN(C(=O)CN(c1cccc(C(F)(F)F)c1)S(=O)(=O)c1ccccc1)[C@@H](C)C(=O)NC1CCCC1. The monoisotopic (exact) mass is 601 g/mol. The molecule has 0 heterocycles. The summed E-state index contributed by atoms with van der Waals surface area (Å²) in [6, 6.07) is 17.4. The summed E-state index contributed by atoms with van der Waals surface area (Å²) < 4.78 is 69.0. The molecule has 11 heteroatoms. The first kappa shape index (κ1) is 31.1. The molecule has 0 aromatic heterocycles. The van der Waals surface area contributed by atoms with E-state index in [0.29, 0.717) is 10.4 Å². The van der Waals surface area contributed by atoms with Crippen molar-refractivity contribution >= 4 is 27.5 Å². The average Bonchev–Trinajstić information content (AvgIpc) is 3.48. The highest BCUT2D eigenvalue weighted by Gasteiger charge is 2.35. The highest BCUT2D eigenvalue weighted by molar-refractivity contribution is 7.92. The van der Waals surface area contributed by atoms with Crippen LogP contribution in [0.5, 0.6) is 0 Å². The lowest BCUT2D eigenvalue weighted by atomic mass is 10.1. The molecule has 0 unspecified atom stereocenters. The second kappa shape index (κ2) is 13.0. The summed E-state index contributed by atoms with van der Waals surface area (Å²) in [5.74, 6) is -1.11. The summed E-state index contributed by atoms with van der Waals surface area (Å²) in [5.41, 5.74) is 0.246. The van der Waals surface area contributed by atoms with E-state index in [9.17, 15) is 31.2 Å². The number of anilines is 1. The topological polar surface area (TPSA) is 86.8 Å². The minimum Gasteiger partial charge on any atom is -0.352 e. The van der Waals surface area contributed by atoms with Crippen LogP contribution in [0.4, 0.5) is 18.9 Å². The van der Waals surface area contributed by atoms with Gasteiger partial charge in [0, 0.05) is 12.6 Å². The summed E-state index contributed by atoms with van der Waals surface area (Å²) in [6.07, 6.45) is -1.07. The second-order valence-corrected chi connectivity index (χ2v) is 12.3. The molecule has 0 aliphatic heterocycles. The lowest BCUT2D eigenvalue weighted by molar-refractivity contribution is -0.139. The molecule has 7 nitrogen and oxygen atoms in total. The van der Waals surface area contributed by atoms with Crippen LogP contribution in [0.2, 0.25) is 0 Å². The quantitative estimate of drug-likeness (QED) is 0.324. The lowest BCUT2D eigenvalue weighted by Gasteiger charge is -2.33. The minimum absolute atomic E-state index is 0.00423. The van der Waals surface area contributed by atoms with Gasteiger partial charge in [-0.25, -0.2) is 8.42 Å². The highest BCUT2D eigenvalue weighted by Crippen LogP contribution is 2.33. The van der Waals surface area contributed by atoms with Gasteiger partial charge >= 0.3 is 6.18 Å². The molecule has 1 atom stereocenters. The lowest BCUT2D eigenvalue weighted by Crippen LogP contribution is -2.52. The first-order valence-electron chi connectivity index (χ1n) is 13.8. The Hall–Kier alpha value is -3.86. The number of amides is 2. The van der Waals surface area contributed by atoms with Crippen LogP contribution in [0, 0.1) is 6.92 Å². The molecule has 1 saturated carbocycles. The Bertz CT molecular complexity index is 1510. The van der Waals surface area contributed by atoms with Gasteiger partial charge in [-0.05, 0) is 68.1 Å². The normalized spacial score (nSPS) is 14.8. The molecule has 1 aliphatic rings. The van der Waals surface area contributed by atoms with Gasteiger partial charge in [-0.3, -0.25) is 13.9 Å². The zero-order chi connectivity index (χ0) is 30.5. The van der Waals surface area contributed by atoms with Crippen molar-refractivity contribution in [3.05, 3.63) is 95.6 Å². The van der Waals surface area contributed by atoms with E-state index in [1.165, 1.54) is 35.2 Å². The standard InChI is InChI=1S/C31H34F3N3O4S/c1-22-11-6-7-12-24(22)20-36(23(2)30(39)35-26-14-8-9-15-26)29(38)21-37(42(40,41)28-17-4-3-5-18-28)27-16-10-13-25(19-27)31(32,33)34/h3-7,10-13,16-19,23,26H,8-9,14-15,20-21H2,1-2H3,(H,35,39)/t23-/m0/s1. The number of alkyl halides is 3. The summed E-state index contributed by atoms with van der Waals surface area (Å²) in [4.78, 5) is 28.4. The molecular weight excluding hydrogens is 567 g/mol. The number of carbonyl (C=O) groups is 2. The molecule has 1 fully saturated rings. The van der Waals surface area contributed by atoms with Crippen molar-refractivity contribution in [1.82, 2.24) is 10.2 Å². The molecule has 42 heavy (non-hydrogen) atoms. The van der Waals surface area contributed by atoms with E-state index in [1.807, 2.05) is 25.1 Å². The van der Waals surface area contributed by atoms with Crippen molar-refractivity contribution < 1.29 is 31.2 Å². The van der Waals surface area contributed by atoms with Crippen LogP contribution >= 0.6 is 0 Å². The number of carbonyl (C=O) groups excluding carboxylic acids is 2. The van der Waals surface area contributed by atoms with Crippen molar-refractivity contribution in [2.24, 2.45) is 0 Å². The van der Waals surface area contributed by atoms with E-state index in [4.69, 9.17) is 0 Å². The van der Waals surface area contributed by atoms with Crippen LogP contribution in [0.25, 0.3) is 0 Å². The maximum absolute atomic E-state index is 14.0. The van der Waals surface area contributed by atoms with Gasteiger partial charge in [0.1, 0.15) is 12.6 Å². The molecule has 0 radical (unpaired) electrons. The average molecular weight is 602 g/mol. The molecule has 1 aliphatic carbocycles. The van der Waals surface area contributed by atoms with Crippen LogP contribution in [0.15, 0.2) is 83.8 Å². The molecule has 0 spiro atoms. The van der Waals surface area contributed by atoms with Crippen LogP contribution in [-0.2, 0) is 32.3 Å². The maximum atomic E-state index is 14.0. The first-order chi connectivity index (χ1) is 19.9. The number of aryl methyl sites for hydroxylation is 1. The molecule has 1 N–H and O–H groups in total. The van der Waals surface area contributed by atoms with Crippen molar-refractivity contribution in [3.63, 3.8) is 0 Å². The van der Waals surface area contributed by atoms with Crippen molar-refractivity contribution in [1.29, 1.82) is 0 Å². The number of rotatable bonds is 10. The van der Waals surface area contributed by atoms with Gasteiger partial charge in [0.25, 0.3) is 10.0 Å². The molecular formula is C31H34F3N3O4S. The number of nitrogens with zero attached hydrogens (tertiary/aromatic N) is 2. The molecule has 4 rings (SSSR count). The molecule has 3 aromatic rings. The predicted octanol–water partition coefficient (Wildman–Crippen LogP) is 5.69. The summed E-state index contributed by atoms with van der Waals surface area (Å²) in [7, 11) is -4.47. The van der Waals surface area contributed by atoms with E-state index in [1.54, 1.807) is 19.1 Å². The zero-order valence-corrected chi connectivity index (χ0v) is 24.3. The van der Waals surface area contributed by atoms with E-state index >= 15 is 0 Å². The Balaban J connectivity index is 1.73. The fourth-order valence-electron chi connectivity index (χ4n) is 5.03. The van der Waals surface area contributed by atoms with E-state index in [2.05, 4.69) is 5.32 Å². The largest absolute Gasteiger partial charge is 0.416 e. The Morgan fingerprint density at radius 2 is 1.60 bits per heavy atom. The third-order valence-corrected chi connectivity index (χ3v) is 9.33. The predicted molar refractivity (Wildman–Crippen MR) is 154 cm³/mol. The molecule has 0 bridgehead atoms. The zero-order valence-electron chi connectivity index (χ0n) is 23.5. The Morgan fingerprint density at radius 1 is 0.952 bits per heavy atom. The molecule has 224 valence electrons. The minimum atomic E-state index is -4.73. The van der Waals surface area contributed by atoms with Gasteiger partial charge in [0.05, 0.1) is 16.1 Å². The molecule has 3 aromatic carbocycles. The van der Waals surface area contributed by atoms with Crippen molar-refractivity contribution in [2.75, 3.05) is 10.8 Å². The third kappa shape index (κ3) is 7.31. The van der Waals surface area contributed by atoms with Gasteiger partial charge in [0.15, 0.2) is 0 Å². The van der Waals surface area contributed by atoms with Crippen LogP contribution in [-0.4, -0.2) is 43.8 Å². The van der Waals surface area contributed by atoms with Crippen molar-refractivity contribution in [3.8, 4) is 0 Å². The summed E-state index contributed by atoms with van der Waals surface area (Å²) in [5, 5.41) is 2.99. The first-order valence-corrected chi connectivity index (χ1v) is 15.2. The number of halogens is 3. The number of hydrogen-bond acceptors (Lipinski definition) is 4. The highest BCUT2D eigenvalue weighted by atomic mass is 32.2. The van der Waals surface area contributed by atoms with Gasteiger partial charge in [0.2, 0.25) is 11.8 Å². The summed E-state index contributed by atoms with van der Waals surface area (Å²) in [6.45, 7) is 2.62. The van der Waals surface area contributed by atoms with Gasteiger partial charge in [-0.2, -0.15) is 13.2 Å². The maximum Gasteiger partial charge on any atom is 0.416 e. The van der Waals surface area contributed by atoms with Gasteiger partial charge in [-0.1, -0.05) is 61.4 Å². The van der Waals surface area contributed by atoms with Crippen molar-refractivity contribution in [2.45, 2.75) is 69.2 Å². The smallest absolute Gasteiger partial charge is 0.352 e. The Morgan fingerprint density at radius 3 is 2.24 bits per heavy atom. The Kier molecular flexibility index (Phi) is 9.60. The van der Waals surface area contributed by atoms with Gasteiger partial charge < -0.3 is 10.2 Å². The Labute approximate surface area is 244 Å². The number of hydrogen-bond donors (Lipinski definition) is 1. The fraction of sp³-hybridized carbons (Fsp3) is 0.355. The van der Waals surface area contributed by atoms with Crippen LogP contribution in [0.1, 0.15) is 49.3 Å². The van der Waals surface area contributed by atoms with E-state index in [0.717, 1.165) is 48.9 Å². The fourth-order valence-corrected chi connectivity index (χ4v) is 6.46. The number of sulfonamides is 1. The van der Waals surface area contributed by atoms with Crippen LogP contribution in [0.3, 0.4) is 0 Å². The van der Waals surface area contributed by atoms with E-state index in [-0.39, 0.29) is 29.1 Å². The molecule has 0 saturated heterocycles. The number of nitrogens with one attached hydrogen (secondary N) is 1. The van der Waals surface area contributed by atoms with Crippen LogP contribution < -0.4 is 9.62 Å². The second-order valence-electron chi connectivity index (χ2n) is 10.5. The number of benzene rings is 3. The van der Waals surface area contributed by atoms with E-state index < -0.39 is 40.3 Å². The third-order valence-electron chi connectivity index (χ3n) is 7.54. The molecule has 2 amide bonds. The van der Waals surface area contributed by atoms with Gasteiger partial charge in [-0.15, -0.1) is 0 Å². The summed E-state index contributed by atoms with van der Waals surface area (Å²) >= 11 is 0.